The Hall–Kier alpha value is -0.770. The van der Waals surface area contributed by atoms with Crippen LogP contribution in [0.15, 0.2) is 12.2 Å². The lowest BCUT2D eigenvalue weighted by Crippen LogP contribution is -1.87. The molecule has 0 aromatic carbocycles. The lowest BCUT2D eigenvalue weighted by Gasteiger charge is -2.03. The highest BCUT2D eigenvalue weighted by Gasteiger charge is 1.94. The van der Waals surface area contributed by atoms with E-state index < -0.39 is 0 Å². The van der Waals surface area contributed by atoms with Crippen molar-refractivity contribution in [3.63, 3.8) is 0 Å². The molecule has 1 heteroatoms. The maximum Gasteiger partial charge on any atom is 0.0663 e. The predicted octanol–water partition coefficient (Wildman–Crippen LogP) is 5.23. The van der Waals surface area contributed by atoms with Gasteiger partial charge in [-0.1, -0.05) is 64.5 Å². The van der Waals surface area contributed by atoms with Crippen LogP contribution in [0.1, 0.15) is 71.6 Å². The molecule has 0 saturated heterocycles. The fourth-order valence-electron chi connectivity index (χ4n) is 1.78. The summed E-state index contributed by atoms with van der Waals surface area (Å²) in [7, 11) is 0. The van der Waals surface area contributed by atoms with E-state index >= 15 is 0 Å². The van der Waals surface area contributed by atoms with E-state index in [1.807, 2.05) is 6.08 Å². The Bertz CT molecular complexity index is 198. The van der Waals surface area contributed by atoms with Crippen molar-refractivity contribution in [3.8, 4) is 6.07 Å². The molecule has 0 fully saturated rings. The summed E-state index contributed by atoms with van der Waals surface area (Å²) >= 11 is 0. The van der Waals surface area contributed by atoms with Gasteiger partial charge in [0.05, 0.1) is 12.5 Å². The number of allylic oxidation sites excluding steroid dienone is 2. The van der Waals surface area contributed by atoms with E-state index in [0.29, 0.717) is 6.42 Å². The van der Waals surface area contributed by atoms with E-state index in [4.69, 9.17) is 5.26 Å². The molecule has 0 unspecified atom stereocenters. The zero-order valence-corrected chi connectivity index (χ0v) is 11.0. The summed E-state index contributed by atoms with van der Waals surface area (Å²) in [5, 5.41) is 8.33. The van der Waals surface area contributed by atoms with Gasteiger partial charge in [0.15, 0.2) is 0 Å². The van der Waals surface area contributed by atoms with Crippen LogP contribution in [0.25, 0.3) is 0 Å². The van der Waals surface area contributed by atoms with Gasteiger partial charge in [0.2, 0.25) is 0 Å². The SMILES string of the molecule is CC(C)CCCCCCCC/C=C/CC#N. The Morgan fingerprint density at radius 1 is 0.938 bits per heavy atom. The molecule has 0 atom stereocenters. The Balaban J connectivity index is 3.02. The average molecular weight is 221 g/mol. The van der Waals surface area contributed by atoms with Crippen molar-refractivity contribution in [2.45, 2.75) is 71.6 Å². The lowest BCUT2D eigenvalue weighted by atomic mass is 10.0. The van der Waals surface area contributed by atoms with Crippen LogP contribution >= 0.6 is 0 Å². The summed E-state index contributed by atoms with van der Waals surface area (Å²) < 4.78 is 0. The van der Waals surface area contributed by atoms with Crippen LogP contribution in [0.4, 0.5) is 0 Å². The standard InChI is InChI=1S/C15H27N/c1-15(2)13-11-9-7-5-3-4-6-8-10-12-14-16/h8,10,15H,3-7,9,11-13H2,1-2H3/b10-8+. The topological polar surface area (TPSA) is 23.8 Å². The smallest absolute Gasteiger partial charge is 0.0663 e. The van der Waals surface area contributed by atoms with Crippen LogP contribution < -0.4 is 0 Å². The highest BCUT2D eigenvalue weighted by Crippen LogP contribution is 2.12. The molecular weight excluding hydrogens is 194 g/mol. The first kappa shape index (κ1) is 15.2. The zero-order valence-electron chi connectivity index (χ0n) is 11.0. The van der Waals surface area contributed by atoms with Crippen LogP contribution in [0.5, 0.6) is 0 Å². The fraction of sp³-hybridized carbons (Fsp3) is 0.800. The molecule has 1 nitrogen and oxygen atoms in total. The van der Waals surface area contributed by atoms with E-state index in [9.17, 15) is 0 Å². The quantitative estimate of drug-likeness (QED) is 0.366. The molecule has 0 aromatic heterocycles. The van der Waals surface area contributed by atoms with E-state index in [-0.39, 0.29) is 0 Å². The molecule has 0 aliphatic rings. The average Bonchev–Trinajstić information content (AvgIpc) is 2.25. The molecule has 0 saturated carbocycles. The van der Waals surface area contributed by atoms with Crippen LogP contribution in [0, 0.1) is 17.2 Å². The minimum absolute atomic E-state index is 0.565. The van der Waals surface area contributed by atoms with Crippen molar-refractivity contribution in [1.82, 2.24) is 0 Å². The van der Waals surface area contributed by atoms with Gasteiger partial charge >= 0.3 is 0 Å². The summed E-state index contributed by atoms with van der Waals surface area (Å²) in [6.45, 7) is 4.60. The van der Waals surface area contributed by atoms with Gasteiger partial charge in [-0.3, -0.25) is 0 Å². The van der Waals surface area contributed by atoms with Crippen molar-refractivity contribution >= 4 is 0 Å². The summed E-state index contributed by atoms with van der Waals surface area (Å²) in [6.07, 6.45) is 15.4. The molecule has 0 heterocycles. The monoisotopic (exact) mass is 221 g/mol. The van der Waals surface area contributed by atoms with Gasteiger partial charge in [-0.05, 0) is 18.8 Å². The second-order valence-corrected chi connectivity index (χ2v) is 4.93. The first-order chi connectivity index (χ1) is 7.77. The highest BCUT2D eigenvalue weighted by atomic mass is 14.2. The third-order valence-electron chi connectivity index (χ3n) is 2.78. The molecule has 0 aliphatic carbocycles. The number of hydrogen-bond acceptors (Lipinski definition) is 1. The number of unbranched alkanes of at least 4 members (excludes halogenated alkanes) is 6. The lowest BCUT2D eigenvalue weighted by molar-refractivity contribution is 0.512. The molecule has 0 aliphatic heterocycles. The molecule has 0 rings (SSSR count). The van der Waals surface area contributed by atoms with Crippen molar-refractivity contribution < 1.29 is 0 Å². The second kappa shape index (κ2) is 12.3. The molecule has 0 radical (unpaired) electrons. The first-order valence-corrected chi connectivity index (χ1v) is 6.79. The first-order valence-electron chi connectivity index (χ1n) is 6.79. The summed E-state index contributed by atoms with van der Waals surface area (Å²) in [6, 6.07) is 2.12. The maximum atomic E-state index is 8.33. The van der Waals surface area contributed by atoms with Crippen LogP contribution in [-0.2, 0) is 0 Å². The molecular formula is C15H27N. The van der Waals surface area contributed by atoms with Gasteiger partial charge in [0, 0.05) is 0 Å². The Morgan fingerprint density at radius 3 is 2.19 bits per heavy atom. The summed E-state index contributed by atoms with van der Waals surface area (Å²) in [5.41, 5.74) is 0. The van der Waals surface area contributed by atoms with Gasteiger partial charge < -0.3 is 0 Å². The number of hydrogen-bond donors (Lipinski definition) is 0. The Kier molecular flexibility index (Phi) is 11.7. The Labute approximate surface area is 102 Å². The number of nitriles is 1. The minimum Gasteiger partial charge on any atom is -0.198 e. The van der Waals surface area contributed by atoms with E-state index in [0.717, 1.165) is 12.3 Å². The summed E-state index contributed by atoms with van der Waals surface area (Å²) in [4.78, 5) is 0. The number of rotatable bonds is 10. The van der Waals surface area contributed by atoms with Gasteiger partial charge in [-0.15, -0.1) is 0 Å². The zero-order chi connectivity index (χ0) is 12.1. The van der Waals surface area contributed by atoms with Crippen molar-refractivity contribution in [1.29, 1.82) is 5.26 Å². The van der Waals surface area contributed by atoms with Crippen molar-refractivity contribution in [3.05, 3.63) is 12.2 Å². The van der Waals surface area contributed by atoms with Gasteiger partial charge in [-0.25, -0.2) is 0 Å². The predicted molar refractivity (Wildman–Crippen MR) is 71.1 cm³/mol. The summed E-state index contributed by atoms with van der Waals surface area (Å²) in [5.74, 6) is 0.866. The minimum atomic E-state index is 0.565. The molecule has 0 bridgehead atoms. The molecule has 0 N–H and O–H groups in total. The molecule has 0 amide bonds. The van der Waals surface area contributed by atoms with Crippen molar-refractivity contribution in [2.75, 3.05) is 0 Å². The Morgan fingerprint density at radius 2 is 1.56 bits per heavy atom. The van der Waals surface area contributed by atoms with E-state index in [2.05, 4.69) is 26.0 Å². The van der Waals surface area contributed by atoms with Gasteiger partial charge in [-0.2, -0.15) is 5.26 Å². The second-order valence-electron chi connectivity index (χ2n) is 4.93. The third kappa shape index (κ3) is 13.2. The highest BCUT2D eigenvalue weighted by molar-refractivity contribution is 4.90. The van der Waals surface area contributed by atoms with E-state index in [1.54, 1.807) is 0 Å². The van der Waals surface area contributed by atoms with Crippen LogP contribution in [-0.4, -0.2) is 0 Å². The molecule has 92 valence electrons. The van der Waals surface area contributed by atoms with Crippen LogP contribution in [0.3, 0.4) is 0 Å². The van der Waals surface area contributed by atoms with E-state index in [1.165, 1.54) is 44.9 Å². The van der Waals surface area contributed by atoms with Crippen molar-refractivity contribution in [2.24, 2.45) is 5.92 Å². The largest absolute Gasteiger partial charge is 0.198 e. The maximum absolute atomic E-state index is 8.33. The fourth-order valence-corrected chi connectivity index (χ4v) is 1.78. The third-order valence-corrected chi connectivity index (χ3v) is 2.78. The van der Waals surface area contributed by atoms with Crippen LogP contribution in [0.2, 0.25) is 0 Å². The normalized spacial score (nSPS) is 11.1. The van der Waals surface area contributed by atoms with Gasteiger partial charge in [0.1, 0.15) is 0 Å². The van der Waals surface area contributed by atoms with Gasteiger partial charge in [0.25, 0.3) is 0 Å². The molecule has 0 spiro atoms. The molecule has 16 heavy (non-hydrogen) atoms. The molecule has 0 aromatic rings. The number of nitrogens with zero attached hydrogens (tertiary/aromatic N) is 1.